The standard InChI is InChI=1S/C12H18O7S2/c1-3-5-11(20(13,14)15)7-9-19-10-8-12(6-4-2)21(16,17)18/h1-2,11-12H,5-10H2,(H,13,14,15)(H,16,17,18)/t11-,12-/m0/s1. The lowest BCUT2D eigenvalue weighted by molar-refractivity contribution is 0.127. The van der Waals surface area contributed by atoms with Crippen molar-refractivity contribution in [2.24, 2.45) is 0 Å². The molecule has 0 heterocycles. The molecule has 0 aromatic carbocycles. The van der Waals surface area contributed by atoms with Crippen LogP contribution in [0.25, 0.3) is 0 Å². The van der Waals surface area contributed by atoms with Crippen LogP contribution >= 0.6 is 0 Å². The second-order valence-electron chi connectivity index (χ2n) is 4.28. The Morgan fingerprint density at radius 3 is 1.43 bits per heavy atom. The fourth-order valence-electron chi connectivity index (χ4n) is 1.51. The second-order valence-corrected chi connectivity index (χ2v) is 7.67. The van der Waals surface area contributed by atoms with E-state index in [9.17, 15) is 16.8 Å². The zero-order chi connectivity index (χ0) is 16.5. The lowest BCUT2D eigenvalue weighted by Crippen LogP contribution is -2.24. The molecule has 0 radical (unpaired) electrons. The van der Waals surface area contributed by atoms with E-state index in [2.05, 4.69) is 11.8 Å². The lowest BCUT2D eigenvalue weighted by Gasteiger charge is -2.13. The summed E-state index contributed by atoms with van der Waals surface area (Å²) in [5.74, 6) is 4.28. The van der Waals surface area contributed by atoms with Crippen LogP contribution in [0.5, 0.6) is 0 Å². The molecule has 9 heteroatoms. The molecule has 0 unspecified atom stereocenters. The summed E-state index contributed by atoms with van der Waals surface area (Å²) in [5, 5.41) is -2.24. The minimum atomic E-state index is -4.25. The third-order valence-electron chi connectivity index (χ3n) is 2.70. The van der Waals surface area contributed by atoms with Gasteiger partial charge < -0.3 is 4.74 Å². The Morgan fingerprint density at radius 2 is 1.19 bits per heavy atom. The zero-order valence-electron chi connectivity index (χ0n) is 11.3. The molecule has 0 amide bonds. The smallest absolute Gasteiger partial charge is 0.268 e. The van der Waals surface area contributed by atoms with Crippen molar-refractivity contribution in [3.8, 4) is 24.7 Å². The van der Waals surface area contributed by atoms with E-state index in [0.717, 1.165) is 0 Å². The van der Waals surface area contributed by atoms with E-state index in [4.69, 9.17) is 26.7 Å². The van der Waals surface area contributed by atoms with Crippen LogP contribution in [-0.4, -0.2) is 49.7 Å². The maximum Gasteiger partial charge on any atom is 0.268 e. The van der Waals surface area contributed by atoms with Gasteiger partial charge in [0, 0.05) is 26.1 Å². The van der Waals surface area contributed by atoms with Gasteiger partial charge in [0.2, 0.25) is 0 Å². The highest BCUT2D eigenvalue weighted by atomic mass is 32.2. The third-order valence-corrected chi connectivity index (χ3v) is 5.19. The maximum atomic E-state index is 11.0. The molecule has 0 saturated carbocycles. The first kappa shape index (κ1) is 19.9. The predicted octanol–water partition coefficient (Wildman–Crippen LogP) is 0.343. The van der Waals surface area contributed by atoms with E-state index in [1.807, 2.05) is 0 Å². The summed E-state index contributed by atoms with van der Waals surface area (Å²) in [6.45, 7) is -0.0548. The second kappa shape index (κ2) is 9.03. The first-order valence-electron chi connectivity index (χ1n) is 6.00. The van der Waals surface area contributed by atoms with E-state index < -0.39 is 30.7 Å². The number of terminal acetylenes is 2. The number of ether oxygens (including phenoxy) is 1. The van der Waals surface area contributed by atoms with Gasteiger partial charge in [0.05, 0.1) is 10.5 Å². The van der Waals surface area contributed by atoms with Crippen LogP contribution in [0.1, 0.15) is 25.7 Å². The number of hydrogen-bond donors (Lipinski definition) is 2. The molecule has 0 spiro atoms. The molecule has 2 atom stereocenters. The van der Waals surface area contributed by atoms with E-state index in [-0.39, 0.29) is 38.9 Å². The molecule has 0 aromatic heterocycles. The summed E-state index contributed by atoms with van der Waals surface area (Å²) in [5.41, 5.74) is 0. The molecule has 7 nitrogen and oxygen atoms in total. The maximum absolute atomic E-state index is 11.0. The van der Waals surface area contributed by atoms with Crippen LogP contribution in [0.3, 0.4) is 0 Å². The van der Waals surface area contributed by atoms with E-state index in [1.165, 1.54) is 0 Å². The highest BCUT2D eigenvalue weighted by Crippen LogP contribution is 2.11. The van der Waals surface area contributed by atoms with Gasteiger partial charge in [0.1, 0.15) is 0 Å². The van der Waals surface area contributed by atoms with Crippen LogP contribution in [0.2, 0.25) is 0 Å². The molecule has 0 saturated heterocycles. The van der Waals surface area contributed by atoms with Gasteiger partial charge in [0.15, 0.2) is 0 Å². The van der Waals surface area contributed by atoms with Crippen molar-refractivity contribution in [1.82, 2.24) is 0 Å². The predicted molar refractivity (Wildman–Crippen MR) is 77.6 cm³/mol. The van der Waals surface area contributed by atoms with Crippen molar-refractivity contribution in [2.75, 3.05) is 13.2 Å². The van der Waals surface area contributed by atoms with Crippen LogP contribution in [0.15, 0.2) is 0 Å². The minimum absolute atomic E-state index is 0.0191. The van der Waals surface area contributed by atoms with Crippen molar-refractivity contribution in [1.29, 1.82) is 0 Å². The van der Waals surface area contributed by atoms with Crippen LogP contribution in [0.4, 0.5) is 0 Å². The summed E-state index contributed by atoms with van der Waals surface area (Å²) in [7, 11) is -8.49. The Morgan fingerprint density at radius 1 is 0.857 bits per heavy atom. The van der Waals surface area contributed by atoms with Crippen molar-refractivity contribution in [3.63, 3.8) is 0 Å². The van der Waals surface area contributed by atoms with Gasteiger partial charge in [-0.05, 0) is 12.8 Å². The summed E-state index contributed by atoms with van der Waals surface area (Å²) >= 11 is 0. The Kier molecular flexibility index (Phi) is 8.55. The molecule has 0 bridgehead atoms. The Hall–Kier alpha value is -1.10. The van der Waals surface area contributed by atoms with Gasteiger partial charge in [-0.1, -0.05) is 0 Å². The molecule has 120 valence electrons. The summed E-state index contributed by atoms with van der Waals surface area (Å²) in [4.78, 5) is 0. The molecule has 0 aliphatic carbocycles. The summed E-state index contributed by atoms with van der Waals surface area (Å²) in [6, 6.07) is 0. The fourth-order valence-corrected chi connectivity index (χ4v) is 2.91. The molecule has 21 heavy (non-hydrogen) atoms. The normalized spacial score (nSPS) is 14.9. The van der Waals surface area contributed by atoms with Crippen molar-refractivity contribution in [2.45, 2.75) is 36.2 Å². The van der Waals surface area contributed by atoms with Gasteiger partial charge in [0.25, 0.3) is 20.2 Å². The van der Waals surface area contributed by atoms with Crippen LogP contribution < -0.4 is 0 Å². The first-order valence-corrected chi connectivity index (χ1v) is 9.00. The quantitative estimate of drug-likeness (QED) is 0.335. The molecular formula is C12H18O7S2. The largest absolute Gasteiger partial charge is 0.381 e. The molecular weight excluding hydrogens is 320 g/mol. The summed E-state index contributed by atoms with van der Waals surface area (Å²) in [6.07, 6.45) is 9.67. The highest BCUT2D eigenvalue weighted by molar-refractivity contribution is 7.86. The topological polar surface area (TPSA) is 118 Å². The minimum Gasteiger partial charge on any atom is -0.381 e. The molecule has 0 aromatic rings. The van der Waals surface area contributed by atoms with Crippen molar-refractivity contribution in [3.05, 3.63) is 0 Å². The Bertz CT molecular complexity index is 538. The van der Waals surface area contributed by atoms with E-state index >= 15 is 0 Å². The number of hydrogen-bond acceptors (Lipinski definition) is 5. The van der Waals surface area contributed by atoms with Crippen LogP contribution in [0, 0.1) is 24.7 Å². The third kappa shape index (κ3) is 8.71. The molecule has 0 fully saturated rings. The number of rotatable bonds is 10. The lowest BCUT2D eigenvalue weighted by atomic mass is 10.2. The SMILES string of the molecule is C#CC[C@@H](CCOCC[C@H](CC#C)S(=O)(=O)O)S(=O)(=O)O. The van der Waals surface area contributed by atoms with E-state index in [1.54, 1.807) is 0 Å². The van der Waals surface area contributed by atoms with Crippen molar-refractivity contribution < 1.29 is 30.7 Å². The fraction of sp³-hybridized carbons (Fsp3) is 0.667. The highest BCUT2D eigenvalue weighted by Gasteiger charge is 2.23. The Labute approximate surface area is 125 Å². The van der Waals surface area contributed by atoms with Gasteiger partial charge >= 0.3 is 0 Å². The average Bonchev–Trinajstić information content (AvgIpc) is 2.33. The van der Waals surface area contributed by atoms with Gasteiger partial charge in [-0.15, -0.1) is 24.7 Å². The van der Waals surface area contributed by atoms with Gasteiger partial charge in [-0.25, -0.2) is 0 Å². The average molecular weight is 338 g/mol. The van der Waals surface area contributed by atoms with E-state index in [0.29, 0.717) is 0 Å². The first-order chi connectivity index (χ1) is 9.62. The zero-order valence-corrected chi connectivity index (χ0v) is 12.9. The monoisotopic (exact) mass is 338 g/mol. The molecule has 0 aliphatic heterocycles. The summed E-state index contributed by atoms with van der Waals surface area (Å²) < 4.78 is 66.8. The van der Waals surface area contributed by atoms with Gasteiger partial charge in [-0.2, -0.15) is 16.8 Å². The van der Waals surface area contributed by atoms with Crippen molar-refractivity contribution >= 4 is 20.2 Å². The van der Waals surface area contributed by atoms with Crippen LogP contribution in [-0.2, 0) is 25.0 Å². The molecule has 0 aliphatic rings. The van der Waals surface area contributed by atoms with Gasteiger partial charge in [-0.3, -0.25) is 9.11 Å². The Balaban J connectivity index is 4.22. The molecule has 0 rings (SSSR count). The molecule has 2 N–H and O–H groups in total.